The lowest BCUT2D eigenvalue weighted by atomic mass is 10.1. The van der Waals surface area contributed by atoms with Crippen LogP contribution in [0.3, 0.4) is 0 Å². The third-order valence-corrected chi connectivity index (χ3v) is 5.68. The predicted octanol–water partition coefficient (Wildman–Crippen LogP) is 2.49. The molecular weight excluding hydrogens is 317 g/mol. The summed E-state index contributed by atoms with van der Waals surface area (Å²) in [5, 5.41) is 3.35. The van der Waals surface area contributed by atoms with E-state index in [9.17, 15) is 12.8 Å². The maximum Gasteiger partial charge on any atom is 0.244 e. The second kappa shape index (κ2) is 6.64. The molecule has 5 nitrogen and oxygen atoms in total. The van der Waals surface area contributed by atoms with Crippen molar-refractivity contribution in [3.63, 3.8) is 0 Å². The smallest absolute Gasteiger partial charge is 0.244 e. The molecule has 122 valence electrons. The van der Waals surface area contributed by atoms with Crippen LogP contribution in [0.1, 0.15) is 12.8 Å². The summed E-state index contributed by atoms with van der Waals surface area (Å²) in [4.78, 5) is 3.54. The van der Waals surface area contributed by atoms with Gasteiger partial charge in [0, 0.05) is 31.0 Å². The Balaban J connectivity index is 1.75. The standard InChI is InChI=1S/C16H18FN3O2S/c17-13-9-16(11-18-10-13)23(21,22)20-8-4-7-15(12-20)19-14-5-2-1-3-6-14/h1-3,5-6,9-11,15,19H,4,7-8,12H2. The molecule has 1 aliphatic heterocycles. The number of anilines is 1. The molecule has 2 aromatic rings. The summed E-state index contributed by atoms with van der Waals surface area (Å²) in [6.07, 6.45) is 3.83. The van der Waals surface area contributed by atoms with E-state index in [1.165, 1.54) is 10.5 Å². The Morgan fingerprint density at radius 3 is 2.74 bits per heavy atom. The third-order valence-electron chi connectivity index (χ3n) is 3.85. The van der Waals surface area contributed by atoms with Crippen LogP contribution in [0.4, 0.5) is 10.1 Å². The van der Waals surface area contributed by atoms with Gasteiger partial charge in [0.05, 0.1) is 6.20 Å². The number of sulfonamides is 1. The molecule has 1 aromatic carbocycles. The minimum atomic E-state index is -3.72. The first kappa shape index (κ1) is 15.9. The van der Waals surface area contributed by atoms with Crippen LogP contribution in [0.2, 0.25) is 0 Å². The van der Waals surface area contributed by atoms with E-state index in [4.69, 9.17) is 0 Å². The predicted molar refractivity (Wildman–Crippen MR) is 86.0 cm³/mol. The highest BCUT2D eigenvalue weighted by Crippen LogP contribution is 2.22. The fourth-order valence-corrected chi connectivity index (χ4v) is 4.23. The molecule has 1 N–H and O–H groups in total. The summed E-state index contributed by atoms with van der Waals surface area (Å²) >= 11 is 0. The molecule has 0 aliphatic carbocycles. The van der Waals surface area contributed by atoms with E-state index in [0.29, 0.717) is 13.1 Å². The van der Waals surface area contributed by atoms with Crippen molar-refractivity contribution < 1.29 is 12.8 Å². The Labute approximate surface area is 135 Å². The Morgan fingerprint density at radius 1 is 1.22 bits per heavy atom. The largest absolute Gasteiger partial charge is 0.381 e. The minimum Gasteiger partial charge on any atom is -0.381 e. The Kier molecular flexibility index (Phi) is 4.58. The van der Waals surface area contributed by atoms with Gasteiger partial charge in [0.2, 0.25) is 10.0 Å². The summed E-state index contributed by atoms with van der Waals surface area (Å²) in [7, 11) is -3.72. The molecule has 23 heavy (non-hydrogen) atoms. The topological polar surface area (TPSA) is 62.3 Å². The molecule has 0 radical (unpaired) electrons. The number of nitrogens with zero attached hydrogens (tertiary/aromatic N) is 2. The highest BCUT2D eigenvalue weighted by Gasteiger charge is 2.30. The number of benzene rings is 1. The summed E-state index contributed by atoms with van der Waals surface area (Å²) in [5.41, 5.74) is 0.962. The monoisotopic (exact) mass is 335 g/mol. The summed E-state index contributed by atoms with van der Waals surface area (Å²) in [5.74, 6) is -0.651. The van der Waals surface area contributed by atoms with Crippen LogP contribution in [0, 0.1) is 5.82 Å². The van der Waals surface area contributed by atoms with Gasteiger partial charge in [-0.15, -0.1) is 0 Å². The Bertz CT molecular complexity index is 768. The van der Waals surface area contributed by atoms with Crippen LogP contribution in [-0.4, -0.2) is 36.8 Å². The van der Waals surface area contributed by atoms with E-state index in [0.717, 1.165) is 30.8 Å². The lowest BCUT2D eigenvalue weighted by Gasteiger charge is -2.32. The maximum absolute atomic E-state index is 13.3. The summed E-state index contributed by atoms with van der Waals surface area (Å²) < 4.78 is 39.9. The molecule has 1 saturated heterocycles. The number of para-hydroxylation sites is 1. The van der Waals surface area contributed by atoms with Gasteiger partial charge in [-0.1, -0.05) is 18.2 Å². The zero-order valence-corrected chi connectivity index (χ0v) is 13.3. The van der Waals surface area contributed by atoms with Crippen molar-refractivity contribution in [1.29, 1.82) is 0 Å². The van der Waals surface area contributed by atoms with Crippen LogP contribution in [0.5, 0.6) is 0 Å². The number of hydrogen-bond donors (Lipinski definition) is 1. The normalized spacial score (nSPS) is 19.4. The van der Waals surface area contributed by atoms with Crippen LogP contribution in [-0.2, 0) is 10.0 Å². The number of aromatic nitrogens is 1. The minimum absolute atomic E-state index is 0.0300. The quantitative estimate of drug-likeness (QED) is 0.932. The first-order valence-electron chi connectivity index (χ1n) is 7.48. The zero-order valence-electron chi connectivity index (χ0n) is 12.5. The van der Waals surface area contributed by atoms with Gasteiger partial charge in [0.25, 0.3) is 0 Å². The van der Waals surface area contributed by atoms with Gasteiger partial charge in [0.1, 0.15) is 10.7 Å². The third kappa shape index (κ3) is 3.68. The number of pyridine rings is 1. The molecular formula is C16H18FN3O2S. The van der Waals surface area contributed by atoms with Crippen LogP contribution in [0.15, 0.2) is 53.7 Å². The molecule has 0 amide bonds. The number of hydrogen-bond acceptors (Lipinski definition) is 4. The van der Waals surface area contributed by atoms with Gasteiger partial charge in [-0.25, -0.2) is 12.8 Å². The van der Waals surface area contributed by atoms with Crippen molar-refractivity contribution in [2.75, 3.05) is 18.4 Å². The van der Waals surface area contributed by atoms with Crippen molar-refractivity contribution in [3.05, 3.63) is 54.6 Å². The zero-order chi connectivity index (χ0) is 16.3. The summed E-state index contributed by atoms with van der Waals surface area (Å²) in [6.45, 7) is 0.791. The molecule has 1 aliphatic rings. The Hall–Kier alpha value is -1.99. The molecule has 0 bridgehead atoms. The van der Waals surface area contributed by atoms with E-state index in [2.05, 4.69) is 10.3 Å². The van der Waals surface area contributed by atoms with E-state index in [1.54, 1.807) is 0 Å². The van der Waals surface area contributed by atoms with Gasteiger partial charge in [-0.3, -0.25) is 4.98 Å². The molecule has 1 atom stereocenters. The molecule has 2 heterocycles. The van der Waals surface area contributed by atoms with E-state index >= 15 is 0 Å². The van der Waals surface area contributed by atoms with Crippen molar-refractivity contribution in [1.82, 2.24) is 9.29 Å². The number of rotatable bonds is 4. The van der Waals surface area contributed by atoms with Crippen molar-refractivity contribution in [2.45, 2.75) is 23.8 Å². The van der Waals surface area contributed by atoms with Crippen molar-refractivity contribution in [2.24, 2.45) is 0 Å². The SMILES string of the molecule is O=S(=O)(c1cncc(F)c1)N1CCCC(Nc2ccccc2)C1. The van der Waals surface area contributed by atoms with Gasteiger partial charge in [-0.05, 0) is 31.0 Å². The van der Waals surface area contributed by atoms with Gasteiger partial charge in [-0.2, -0.15) is 4.31 Å². The average Bonchev–Trinajstić information content (AvgIpc) is 2.56. The second-order valence-corrected chi connectivity index (χ2v) is 7.49. The van der Waals surface area contributed by atoms with Crippen LogP contribution < -0.4 is 5.32 Å². The fraction of sp³-hybridized carbons (Fsp3) is 0.312. The van der Waals surface area contributed by atoms with Gasteiger partial charge in [0.15, 0.2) is 0 Å². The highest BCUT2D eigenvalue weighted by atomic mass is 32.2. The molecule has 0 saturated carbocycles. The molecule has 0 spiro atoms. The lowest BCUT2D eigenvalue weighted by Crippen LogP contribution is -2.45. The van der Waals surface area contributed by atoms with Crippen LogP contribution in [0.25, 0.3) is 0 Å². The average molecular weight is 335 g/mol. The van der Waals surface area contributed by atoms with E-state index < -0.39 is 15.8 Å². The summed E-state index contributed by atoms with van der Waals surface area (Å²) in [6, 6.07) is 10.7. The van der Waals surface area contributed by atoms with Crippen molar-refractivity contribution >= 4 is 15.7 Å². The number of halogens is 1. The molecule has 1 fully saturated rings. The van der Waals surface area contributed by atoms with E-state index in [-0.39, 0.29) is 10.9 Å². The van der Waals surface area contributed by atoms with E-state index in [1.807, 2.05) is 30.3 Å². The molecule has 1 aromatic heterocycles. The maximum atomic E-state index is 13.3. The number of piperidine rings is 1. The fourth-order valence-electron chi connectivity index (χ4n) is 2.73. The molecule has 3 rings (SSSR count). The first-order chi connectivity index (χ1) is 11.1. The van der Waals surface area contributed by atoms with Gasteiger partial charge < -0.3 is 5.32 Å². The molecule has 7 heteroatoms. The lowest BCUT2D eigenvalue weighted by molar-refractivity contribution is 0.327. The highest BCUT2D eigenvalue weighted by molar-refractivity contribution is 7.89. The van der Waals surface area contributed by atoms with Crippen molar-refractivity contribution in [3.8, 4) is 0 Å². The Morgan fingerprint density at radius 2 is 2.00 bits per heavy atom. The second-order valence-electron chi connectivity index (χ2n) is 5.55. The number of nitrogens with one attached hydrogen (secondary N) is 1. The molecule has 1 unspecified atom stereocenters. The first-order valence-corrected chi connectivity index (χ1v) is 8.92. The van der Waals surface area contributed by atoms with Gasteiger partial charge >= 0.3 is 0 Å². The van der Waals surface area contributed by atoms with Crippen LogP contribution >= 0.6 is 0 Å².